The van der Waals surface area contributed by atoms with Crippen LogP contribution in [0.3, 0.4) is 0 Å². The van der Waals surface area contributed by atoms with Crippen molar-refractivity contribution < 1.29 is 9.84 Å². The Morgan fingerprint density at radius 2 is 2.06 bits per heavy atom. The average Bonchev–Trinajstić information content (AvgIpc) is 2.40. The molecule has 1 aromatic carbocycles. The largest absolute Gasteiger partial charge is 0.495 e. The molecular formula is C14H15NO2. The smallest absolute Gasteiger partial charge is 0.143 e. The van der Waals surface area contributed by atoms with E-state index in [1.54, 1.807) is 31.2 Å². The monoisotopic (exact) mass is 229 g/mol. The van der Waals surface area contributed by atoms with Crippen molar-refractivity contribution in [3.8, 4) is 6.07 Å². The van der Waals surface area contributed by atoms with Crippen LogP contribution in [0.15, 0.2) is 36.1 Å². The van der Waals surface area contributed by atoms with Crippen molar-refractivity contribution in [2.24, 2.45) is 0 Å². The van der Waals surface area contributed by atoms with Crippen LogP contribution in [-0.2, 0) is 10.3 Å². The Balaban J connectivity index is 2.30. The highest BCUT2D eigenvalue weighted by Crippen LogP contribution is 2.32. The van der Waals surface area contributed by atoms with Gasteiger partial charge in [-0.1, -0.05) is 12.1 Å². The molecule has 0 saturated heterocycles. The summed E-state index contributed by atoms with van der Waals surface area (Å²) >= 11 is 0. The summed E-state index contributed by atoms with van der Waals surface area (Å²) in [4.78, 5) is 0. The fourth-order valence-corrected chi connectivity index (χ4v) is 1.91. The van der Waals surface area contributed by atoms with Crippen LogP contribution in [0.2, 0.25) is 0 Å². The minimum atomic E-state index is -1.12. The molecule has 3 heteroatoms. The molecule has 0 aromatic heterocycles. The number of hydrogen-bond donors (Lipinski definition) is 1. The van der Waals surface area contributed by atoms with Crippen LogP contribution in [0.25, 0.3) is 0 Å². The van der Waals surface area contributed by atoms with Gasteiger partial charge < -0.3 is 9.84 Å². The first kappa shape index (κ1) is 11.7. The third-order valence-electron chi connectivity index (χ3n) is 2.99. The van der Waals surface area contributed by atoms with Crippen molar-refractivity contribution in [3.63, 3.8) is 0 Å². The van der Waals surface area contributed by atoms with Gasteiger partial charge in [0.15, 0.2) is 0 Å². The third-order valence-corrected chi connectivity index (χ3v) is 2.99. The summed E-state index contributed by atoms with van der Waals surface area (Å²) in [6.45, 7) is 2.36. The number of nitrogens with zero attached hydrogens (tertiary/aromatic N) is 1. The molecule has 0 aliphatic carbocycles. The molecule has 1 N–H and O–H groups in total. The van der Waals surface area contributed by atoms with Gasteiger partial charge in [0.25, 0.3) is 0 Å². The van der Waals surface area contributed by atoms with Crippen molar-refractivity contribution >= 4 is 0 Å². The van der Waals surface area contributed by atoms with Gasteiger partial charge in [0.05, 0.1) is 18.2 Å². The molecule has 0 amide bonds. The molecular weight excluding hydrogens is 214 g/mol. The van der Waals surface area contributed by atoms with Crippen LogP contribution in [-0.4, -0.2) is 11.7 Å². The number of nitriles is 1. The lowest BCUT2D eigenvalue weighted by molar-refractivity contribution is 0.0150. The summed E-state index contributed by atoms with van der Waals surface area (Å²) < 4.78 is 5.50. The van der Waals surface area contributed by atoms with Gasteiger partial charge in [0.2, 0.25) is 0 Å². The van der Waals surface area contributed by atoms with E-state index in [1.807, 2.05) is 6.08 Å². The molecule has 0 fully saturated rings. The second-order valence-electron chi connectivity index (χ2n) is 4.32. The van der Waals surface area contributed by atoms with E-state index >= 15 is 0 Å². The highest BCUT2D eigenvalue weighted by molar-refractivity contribution is 5.36. The summed E-state index contributed by atoms with van der Waals surface area (Å²) in [7, 11) is 0. The zero-order valence-electron chi connectivity index (χ0n) is 9.81. The van der Waals surface area contributed by atoms with Gasteiger partial charge >= 0.3 is 0 Å². The lowest BCUT2D eigenvalue weighted by atomic mass is 9.91. The van der Waals surface area contributed by atoms with Crippen LogP contribution < -0.4 is 0 Å². The molecule has 3 nitrogen and oxygen atoms in total. The van der Waals surface area contributed by atoms with E-state index in [-0.39, 0.29) is 0 Å². The predicted molar refractivity (Wildman–Crippen MR) is 64.0 cm³/mol. The van der Waals surface area contributed by atoms with Crippen molar-refractivity contribution in [3.05, 3.63) is 47.2 Å². The first-order valence-corrected chi connectivity index (χ1v) is 5.71. The maximum atomic E-state index is 10.5. The van der Waals surface area contributed by atoms with Crippen LogP contribution in [0.5, 0.6) is 0 Å². The number of ether oxygens (including phenoxy) is 1. The van der Waals surface area contributed by atoms with Crippen LogP contribution >= 0.6 is 0 Å². The maximum Gasteiger partial charge on any atom is 0.143 e. The zero-order valence-corrected chi connectivity index (χ0v) is 9.81. The summed E-state index contributed by atoms with van der Waals surface area (Å²) in [6.07, 6.45) is 3.86. The predicted octanol–water partition coefficient (Wildman–Crippen LogP) is 2.46. The Labute approximate surface area is 101 Å². The van der Waals surface area contributed by atoms with E-state index in [0.29, 0.717) is 17.9 Å². The topological polar surface area (TPSA) is 53.2 Å². The van der Waals surface area contributed by atoms with E-state index in [1.165, 1.54) is 0 Å². The fourth-order valence-electron chi connectivity index (χ4n) is 1.91. The Kier molecular flexibility index (Phi) is 3.16. The Hall–Kier alpha value is -1.79. The summed E-state index contributed by atoms with van der Waals surface area (Å²) in [5, 5.41) is 19.2. The van der Waals surface area contributed by atoms with Crippen LogP contribution in [0, 0.1) is 11.3 Å². The van der Waals surface area contributed by atoms with Crippen molar-refractivity contribution in [2.45, 2.75) is 25.4 Å². The molecule has 1 aliphatic heterocycles. The second-order valence-corrected chi connectivity index (χ2v) is 4.32. The average molecular weight is 229 g/mol. The van der Waals surface area contributed by atoms with E-state index in [4.69, 9.17) is 10.00 Å². The summed E-state index contributed by atoms with van der Waals surface area (Å²) in [5.41, 5.74) is 0.210. The fraction of sp³-hybridized carbons (Fsp3) is 0.357. The molecule has 0 radical (unpaired) electrons. The van der Waals surface area contributed by atoms with Gasteiger partial charge in [0, 0.05) is 0 Å². The molecule has 1 aliphatic rings. The highest BCUT2D eigenvalue weighted by Gasteiger charge is 2.30. The number of aliphatic hydroxyl groups is 1. The first-order chi connectivity index (χ1) is 8.14. The normalized spacial score (nSPS) is 18.5. The quantitative estimate of drug-likeness (QED) is 0.847. The maximum absolute atomic E-state index is 10.5. The number of rotatable bonds is 2. The van der Waals surface area contributed by atoms with E-state index in [9.17, 15) is 5.11 Å². The molecule has 1 heterocycles. The van der Waals surface area contributed by atoms with E-state index < -0.39 is 5.60 Å². The van der Waals surface area contributed by atoms with Crippen LogP contribution in [0.4, 0.5) is 0 Å². The molecule has 0 spiro atoms. The molecule has 1 atom stereocenters. The molecule has 17 heavy (non-hydrogen) atoms. The highest BCUT2D eigenvalue weighted by atomic mass is 16.5. The molecule has 1 aromatic rings. The van der Waals surface area contributed by atoms with Gasteiger partial charge in [-0.15, -0.1) is 0 Å². The Morgan fingerprint density at radius 3 is 2.59 bits per heavy atom. The van der Waals surface area contributed by atoms with Crippen molar-refractivity contribution in [1.82, 2.24) is 0 Å². The van der Waals surface area contributed by atoms with Crippen LogP contribution in [0.1, 0.15) is 30.9 Å². The zero-order chi connectivity index (χ0) is 12.3. The minimum Gasteiger partial charge on any atom is -0.495 e. The van der Waals surface area contributed by atoms with Gasteiger partial charge in [0.1, 0.15) is 11.4 Å². The second kappa shape index (κ2) is 4.60. The van der Waals surface area contributed by atoms with Gasteiger partial charge in [-0.25, -0.2) is 0 Å². The minimum absolute atomic E-state index is 0.586. The summed E-state index contributed by atoms with van der Waals surface area (Å²) in [5.74, 6) is 0.605. The van der Waals surface area contributed by atoms with Crippen molar-refractivity contribution in [1.29, 1.82) is 5.26 Å². The lowest BCUT2D eigenvalue weighted by Crippen LogP contribution is -2.27. The molecule has 0 saturated carbocycles. The van der Waals surface area contributed by atoms with Crippen molar-refractivity contribution in [2.75, 3.05) is 6.61 Å². The van der Waals surface area contributed by atoms with E-state index in [0.717, 1.165) is 18.4 Å². The molecule has 1 unspecified atom stereocenters. The number of hydrogen-bond acceptors (Lipinski definition) is 3. The number of benzene rings is 1. The molecule has 2 rings (SSSR count). The van der Waals surface area contributed by atoms with Gasteiger partial charge in [-0.3, -0.25) is 0 Å². The lowest BCUT2D eigenvalue weighted by Gasteiger charge is -2.29. The van der Waals surface area contributed by atoms with Gasteiger partial charge in [-0.05, 0) is 43.5 Å². The first-order valence-electron chi connectivity index (χ1n) is 5.71. The molecule has 88 valence electrons. The standard InChI is InChI=1S/C14H15NO2/c1-14(16,13-4-2-3-9-17-13)12-7-5-11(10-15)6-8-12/h4-8,16H,2-3,9H2,1H3. The summed E-state index contributed by atoms with van der Waals surface area (Å²) in [6, 6.07) is 8.98. The Bertz CT molecular complexity index is 466. The third kappa shape index (κ3) is 2.32. The SMILES string of the molecule is CC(O)(C1=CCCCO1)c1ccc(C#N)cc1. The Morgan fingerprint density at radius 1 is 1.35 bits per heavy atom. The molecule has 0 bridgehead atoms. The van der Waals surface area contributed by atoms with E-state index in [2.05, 4.69) is 6.07 Å². The number of allylic oxidation sites excluding steroid dienone is 1. The van der Waals surface area contributed by atoms with Gasteiger partial charge in [-0.2, -0.15) is 5.26 Å².